The van der Waals surface area contributed by atoms with Crippen molar-refractivity contribution in [3.8, 4) is 5.75 Å². The predicted octanol–water partition coefficient (Wildman–Crippen LogP) is 4.45. The van der Waals surface area contributed by atoms with Crippen molar-refractivity contribution in [1.82, 2.24) is 5.32 Å². The predicted molar refractivity (Wildman–Crippen MR) is 91.3 cm³/mol. The fourth-order valence-corrected chi connectivity index (χ4v) is 3.40. The van der Waals surface area contributed by atoms with E-state index in [4.69, 9.17) is 4.74 Å². The first-order valence-electron chi connectivity index (χ1n) is 7.33. The van der Waals surface area contributed by atoms with Crippen molar-refractivity contribution in [3.63, 3.8) is 0 Å². The molecule has 3 heteroatoms. The van der Waals surface area contributed by atoms with Crippen molar-refractivity contribution in [1.29, 1.82) is 0 Å². The van der Waals surface area contributed by atoms with Gasteiger partial charge in [-0.1, -0.05) is 30.3 Å². The van der Waals surface area contributed by atoms with E-state index < -0.39 is 0 Å². The largest absolute Gasteiger partial charge is 0.494 e. The van der Waals surface area contributed by atoms with Crippen LogP contribution in [0.5, 0.6) is 5.75 Å². The molecule has 0 bridgehead atoms. The number of aryl methyl sites for hydroxylation is 1. The molecule has 0 saturated carbocycles. The molecule has 0 spiro atoms. The maximum Gasteiger partial charge on any atom is 0.119 e. The van der Waals surface area contributed by atoms with Crippen LogP contribution < -0.4 is 10.1 Å². The second-order valence-corrected chi connectivity index (χ2v) is 5.99. The Bertz CT molecular complexity index is 571. The van der Waals surface area contributed by atoms with Crippen LogP contribution in [-0.2, 0) is 0 Å². The lowest BCUT2D eigenvalue weighted by molar-refractivity contribution is 0.339. The third-order valence-electron chi connectivity index (χ3n) is 3.42. The van der Waals surface area contributed by atoms with Crippen LogP contribution in [0.1, 0.15) is 24.1 Å². The number of ether oxygens (including phenoxy) is 1. The van der Waals surface area contributed by atoms with Crippen molar-refractivity contribution >= 4 is 11.8 Å². The molecule has 2 rings (SSSR count). The van der Waals surface area contributed by atoms with Gasteiger partial charge in [-0.05, 0) is 50.2 Å². The highest BCUT2D eigenvalue weighted by Gasteiger charge is 2.11. The van der Waals surface area contributed by atoms with Gasteiger partial charge in [-0.15, -0.1) is 11.8 Å². The Morgan fingerprint density at radius 3 is 2.67 bits per heavy atom. The van der Waals surface area contributed by atoms with Gasteiger partial charge in [0.25, 0.3) is 0 Å². The van der Waals surface area contributed by atoms with Gasteiger partial charge in [-0.25, -0.2) is 0 Å². The van der Waals surface area contributed by atoms with Gasteiger partial charge in [0, 0.05) is 16.7 Å². The van der Waals surface area contributed by atoms with Crippen LogP contribution in [0.15, 0.2) is 53.4 Å². The highest BCUT2D eigenvalue weighted by molar-refractivity contribution is 7.99. The summed E-state index contributed by atoms with van der Waals surface area (Å²) in [4.78, 5) is 1.35. The molecular weight excluding hydrogens is 278 g/mol. The molecule has 0 amide bonds. The Morgan fingerprint density at radius 2 is 1.95 bits per heavy atom. The summed E-state index contributed by atoms with van der Waals surface area (Å²) >= 11 is 1.89. The van der Waals surface area contributed by atoms with Crippen molar-refractivity contribution in [2.75, 3.05) is 19.4 Å². The molecule has 2 aromatic rings. The van der Waals surface area contributed by atoms with E-state index in [9.17, 15) is 0 Å². The van der Waals surface area contributed by atoms with E-state index in [1.165, 1.54) is 16.0 Å². The van der Waals surface area contributed by atoms with Crippen molar-refractivity contribution in [2.24, 2.45) is 0 Å². The van der Waals surface area contributed by atoms with Crippen LogP contribution in [0, 0.1) is 6.92 Å². The number of nitrogens with one attached hydrogen (secondary N) is 1. The molecule has 0 aliphatic rings. The average molecular weight is 301 g/mol. The molecule has 0 aromatic heterocycles. The Labute approximate surface area is 131 Å². The zero-order valence-corrected chi connectivity index (χ0v) is 13.7. The molecule has 2 nitrogen and oxygen atoms in total. The van der Waals surface area contributed by atoms with Crippen LogP contribution in [0.25, 0.3) is 0 Å². The van der Waals surface area contributed by atoms with Gasteiger partial charge in [0.1, 0.15) is 5.75 Å². The number of hydrogen-bond acceptors (Lipinski definition) is 3. The first-order valence-corrected chi connectivity index (χ1v) is 8.31. The Kier molecular flexibility index (Phi) is 6.15. The molecule has 1 N–H and O–H groups in total. The SMILES string of the molecule is CCOc1cccc(C(CSc2ccccc2C)NC)c1. The van der Waals surface area contributed by atoms with Gasteiger partial charge < -0.3 is 10.1 Å². The third-order valence-corrected chi connectivity index (χ3v) is 4.69. The topological polar surface area (TPSA) is 21.3 Å². The van der Waals surface area contributed by atoms with Gasteiger partial charge in [0.05, 0.1) is 6.61 Å². The molecule has 0 aliphatic heterocycles. The zero-order valence-electron chi connectivity index (χ0n) is 12.9. The van der Waals surface area contributed by atoms with Gasteiger partial charge >= 0.3 is 0 Å². The van der Waals surface area contributed by atoms with Gasteiger partial charge in [0.2, 0.25) is 0 Å². The maximum absolute atomic E-state index is 5.59. The van der Waals surface area contributed by atoms with E-state index in [0.717, 1.165) is 11.5 Å². The monoisotopic (exact) mass is 301 g/mol. The summed E-state index contributed by atoms with van der Waals surface area (Å²) in [6.07, 6.45) is 0. The Hall–Kier alpha value is -1.45. The van der Waals surface area contributed by atoms with E-state index in [-0.39, 0.29) is 0 Å². The van der Waals surface area contributed by atoms with Crippen molar-refractivity contribution < 1.29 is 4.74 Å². The summed E-state index contributed by atoms with van der Waals surface area (Å²) in [5.74, 6) is 1.94. The normalized spacial score (nSPS) is 12.1. The smallest absolute Gasteiger partial charge is 0.119 e. The molecule has 0 heterocycles. The van der Waals surface area contributed by atoms with Gasteiger partial charge in [-0.3, -0.25) is 0 Å². The van der Waals surface area contributed by atoms with E-state index in [1.54, 1.807) is 0 Å². The van der Waals surface area contributed by atoms with Crippen LogP contribution in [0.2, 0.25) is 0 Å². The second kappa shape index (κ2) is 8.11. The van der Waals surface area contributed by atoms with Crippen LogP contribution in [0.4, 0.5) is 0 Å². The minimum absolute atomic E-state index is 0.315. The van der Waals surface area contributed by atoms with E-state index in [0.29, 0.717) is 12.6 Å². The zero-order chi connectivity index (χ0) is 15.1. The molecular formula is C18H23NOS. The number of hydrogen-bond donors (Lipinski definition) is 1. The fraction of sp³-hybridized carbons (Fsp3) is 0.333. The van der Waals surface area contributed by atoms with Crippen LogP contribution in [-0.4, -0.2) is 19.4 Å². The molecule has 1 unspecified atom stereocenters. The summed E-state index contributed by atoms with van der Waals surface area (Å²) in [5.41, 5.74) is 2.60. The van der Waals surface area contributed by atoms with Crippen molar-refractivity contribution in [3.05, 3.63) is 59.7 Å². The van der Waals surface area contributed by atoms with Crippen molar-refractivity contribution in [2.45, 2.75) is 24.8 Å². The molecule has 0 saturated heterocycles. The molecule has 0 aliphatic carbocycles. The lowest BCUT2D eigenvalue weighted by Gasteiger charge is -2.18. The molecule has 21 heavy (non-hydrogen) atoms. The van der Waals surface area contributed by atoms with Crippen LogP contribution >= 0.6 is 11.8 Å². The first kappa shape index (κ1) is 15.9. The summed E-state index contributed by atoms with van der Waals surface area (Å²) in [7, 11) is 2.01. The van der Waals surface area contributed by atoms with E-state index in [2.05, 4.69) is 54.7 Å². The fourth-order valence-electron chi connectivity index (χ4n) is 2.23. The number of rotatable bonds is 7. The van der Waals surface area contributed by atoms with Crippen LogP contribution in [0.3, 0.4) is 0 Å². The highest BCUT2D eigenvalue weighted by Crippen LogP contribution is 2.28. The lowest BCUT2D eigenvalue weighted by Crippen LogP contribution is -2.18. The summed E-state index contributed by atoms with van der Waals surface area (Å²) < 4.78 is 5.59. The summed E-state index contributed by atoms with van der Waals surface area (Å²) in [6.45, 7) is 4.87. The number of thioether (sulfide) groups is 1. The highest BCUT2D eigenvalue weighted by atomic mass is 32.2. The van der Waals surface area contributed by atoms with Gasteiger partial charge in [-0.2, -0.15) is 0 Å². The van der Waals surface area contributed by atoms with E-state index in [1.807, 2.05) is 31.8 Å². The average Bonchev–Trinajstić information content (AvgIpc) is 2.50. The van der Waals surface area contributed by atoms with E-state index >= 15 is 0 Å². The Morgan fingerprint density at radius 1 is 1.14 bits per heavy atom. The first-order chi connectivity index (χ1) is 10.2. The maximum atomic E-state index is 5.59. The standard InChI is InChI=1S/C18H23NOS/c1-4-20-16-10-7-9-15(12-16)17(19-3)13-21-18-11-6-5-8-14(18)2/h5-12,17,19H,4,13H2,1-3H3. The summed E-state index contributed by atoms with van der Waals surface area (Å²) in [6, 6.07) is 17.2. The lowest BCUT2D eigenvalue weighted by atomic mass is 10.1. The molecule has 2 aromatic carbocycles. The number of benzene rings is 2. The molecule has 0 fully saturated rings. The minimum atomic E-state index is 0.315. The molecule has 0 radical (unpaired) electrons. The molecule has 112 valence electrons. The quantitative estimate of drug-likeness (QED) is 0.764. The summed E-state index contributed by atoms with van der Waals surface area (Å²) in [5, 5.41) is 3.40. The minimum Gasteiger partial charge on any atom is -0.494 e. The molecule has 1 atom stereocenters. The second-order valence-electron chi connectivity index (χ2n) is 4.92. The Balaban J connectivity index is 2.06. The third kappa shape index (κ3) is 4.51. The van der Waals surface area contributed by atoms with Gasteiger partial charge in [0.15, 0.2) is 0 Å².